The van der Waals surface area contributed by atoms with Gasteiger partial charge in [0.25, 0.3) is 0 Å². The summed E-state index contributed by atoms with van der Waals surface area (Å²) >= 11 is 0. The largest absolute Gasteiger partial charge is 0.486 e. The molecule has 0 fully saturated rings. The fraction of sp³-hybridized carbons (Fsp3) is 0.0952. The van der Waals surface area contributed by atoms with Gasteiger partial charge in [-0.25, -0.2) is 4.98 Å². The molecule has 4 aromatic rings. The maximum atomic E-state index is 6.27. The topological polar surface area (TPSA) is 104 Å². The minimum Gasteiger partial charge on any atom is -0.486 e. The predicted molar refractivity (Wildman–Crippen MR) is 109 cm³/mol. The number of ether oxygens (including phenoxy) is 3. The Labute approximate surface area is 166 Å². The highest BCUT2D eigenvalue weighted by atomic mass is 16.6. The summed E-state index contributed by atoms with van der Waals surface area (Å²) in [6.45, 7) is 1.06. The Balaban J connectivity index is 1.44. The molecule has 0 radical (unpaired) electrons. The number of rotatable bonds is 4. The molecule has 0 bridgehead atoms. The summed E-state index contributed by atoms with van der Waals surface area (Å²) in [6, 6.07) is 15.1. The molecule has 8 heteroatoms. The van der Waals surface area contributed by atoms with Crippen LogP contribution in [0.4, 0.5) is 17.2 Å². The summed E-state index contributed by atoms with van der Waals surface area (Å²) in [7, 11) is 0. The van der Waals surface area contributed by atoms with Crippen LogP contribution in [-0.4, -0.2) is 28.2 Å². The van der Waals surface area contributed by atoms with Crippen LogP contribution >= 0.6 is 0 Å². The zero-order chi connectivity index (χ0) is 19.6. The van der Waals surface area contributed by atoms with Crippen molar-refractivity contribution in [1.82, 2.24) is 15.0 Å². The lowest BCUT2D eigenvalue weighted by molar-refractivity contribution is 0.171. The number of anilines is 3. The van der Waals surface area contributed by atoms with E-state index in [-0.39, 0.29) is 11.6 Å². The molecular weight excluding hydrogens is 370 g/mol. The van der Waals surface area contributed by atoms with Crippen LogP contribution in [0.2, 0.25) is 0 Å². The summed E-state index contributed by atoms with van der Waals surface area (Å²) in [5.41, 5.74) is 8.05. The number of hydrogen-bond donors (Lipinski definition) is 2. The molecule has 0 saturated heterocycles. The van der Waals surface area contributed by atoms with Crippen molar-refractivity contribution >= 4 is 28.1 Å². The number of aromatic nitrogens is 3. The Morgan fingerprint density at radius 1 is 0.931 bits per heavy atom. The highest BCUT2D eigenvalue weighted by Crippen LogP contribution is 2.36. The molecule has 0 atom stereocenters. The second kappa shape index (κ2) is 7.16. The van der Waals surface area contributed by atoms with Gasteiger partial charge in [-0.2, -0.15) is 4.98 Å². The van der Waals surface area contributed by atoms with Crippen molar-refractivity contribution in [2.24, 2.45) is 0 Å². The van der Waals surface area contributed by atoms with E-state index < -0.39 is 0 Å². The molecule has 29 heavy (non-hydrogen) atoms. The molecule has 5 rings (SSSR count). The average Bonchev–Trinajstić information content (AvgIpc) is 2.77. The lowest BCUT2D eigenvalue weighted by Gasteiger charge is -2.19. The van der Waals surface area contributed by atoms with Crippen LogP contribution in [0.1, 0.15) is 0 Å². The van der Waals surface area contributed by atoms with Crippen molar-refractivity contribution < 1.29 is 14.2 Å². The molecular formula is C21H17N5O3. The lowest BCUT2D eigenvalue weighted by atomic mass is 10.2. The number of pyridine rings is 1. The maximum Gasteiger partial charge on any atom is 0.248 e. The minimum atomic E-state index is 0.248. The molecule has 2 aromatic heterocycles. The summed E-state index contributed by atoms with van der Waals surface area (Å²) in [4.78, 5) is 12.8. The second-order valence-corrected chi connectivity index (χ2v) is 6.36. The zero-order valence-electron chi connectivity index (χ0n) is 15.3. The molecule has 2 aromatic carbocycles. The summed E-state index contributed by atoms with van der Waals surface area (Å²) in [5.74, 6) is 2.63. The van der Waals surface area contributed by atoms with Crippen LogP contribution in [0.5, 0.6) is 23.1 Å². The molecule has 3 N–H and O–H groups in total. The number of benzene rings is 2. The fourth-order valence-electron chi connectivity index (χ4n) is 3.08. The first-order valence-corrected chi connectivity index (χ1v) is 9.07. The van der Waals surface area contributed by atoms with E-state index in [9.17, 15) is 0 Å². The molecule has 1 aliphatic heterocycles. The number of nitrogens with two attached hydrogens (primary N) is 1. The van der Waals surface area contributed by atoms with Crippen molar-refractivity contribution in [3.63, 3.8) is 0 Å². The van der Waals surface area contributed by atoms with Crippen LogP contribution in [0, 0.1) is 0 Å². The highest BCUT2D eigenvalue weighted by Gasteiger charge is 2.15. The van der Waals surface area contributed by atoms with E-state index in [1.54, 1.807) is 6.20 Å². The van der Waals surface area contributed by atoms with Crippen molar-refractivity contribution in [1.29, 1.82) is 0 Å². The number of para-hydroxylation sites is 1. The first kappa shape index (κ1) is 17.1. The number of nitrogens with one attached hydrogen (secondary N) is 1. The molecule has 0 saturated carbocycles. The Morgan fingerprint density at radius 2 is 1.79 bits per heavy atom. The second-order valence-electron chi connectivity index (χ2n) is 6.36. The van der Waals surface area contributed by atoms with Gasteiger partial charge < -0.3 is 25.3 Å². The van der Waals surface area contributed by atoms with Crippen LogP contribution in [0.15, 0.2) is 61.1 Å². The summed E-state index contributed by atoms with van der Waals surface area (Å²) in [5, 5.41) is 4.14. The Morgan fingerprint density at radius 3 is 2.72 bits per heavy atom. The van der Waals surface area contributed by atoms with Crippen LogP contribution in [-0.2, 0) is 0 Å². The van der Waals surface area contributed by atoms with Gasteiger partial charge in [0.1, 0.15) is 30.7 Å². The van der Waals surface area contributed by atoms with Crippen molar-refractivity contribution in [3.8, 4) is 23.1 Å². The fourth-order valence-corrected chi connectivity index (χ4v) is 3.08. The van der Waals surface area contributed by atoms with Crippen molar-refractivity contribution in [3.05, 3.63) is 61.1 Å². The third kappa shape index (κ3) is 3.31. The first-order chi connectivity index (χ1) is 14.3. The molecule has 1 aliphatic rings. The number of fused-ring (bicyclic) bond motifs is 2. The van der Waals surface area contributed by atoms with Gasteiger partial charge in [0.15, 0.2) is 23.1 Å². The number of nitrogen functional groups attached to an aromatic ring is 1. The van der Waals surface area contributed by atoms with Crippen LogP contribution < -0.4 is 25.3 Å². The SMILES string of the molecule is Nc1c(Nc2ccc3c(c2)OCCO3)ncnc1Oc1cccc2cccnc12. The molecule has 0 aliphatic carbocycles. The third-order valence-electron chi connectivity index (χ3n) is 4.45. The molecule has 0 amide bonds. The van der Waals surface area contributed by atoms with E-state index in [2.05, 4.69) is 20.3 Å². The van der Waals surface area contributed by atoms with Crippen LogP contribution in [0.3, 0.4) is 0 Å². The van der Waals surface area contributed by atoms with Crippen LogP contribution in [0.25, 0.3) is 10.9 Å². The van der Waals surface area contributed by atoms with Gasteiger partial charge in [-0.3, -0.25) is 4.98 Å². The van der Waals surface area contributed by atoms with Crippen molar-refractivity contribution in [2.45, 2.75) is 0 Å². The third-order valence-corrected chi connectivity index (χ3v) is 4.45. The summed E-state index contributed by atoms with van der Waals surface area (Å²) < 4.78 is 17.1. The van der Waals surface area contributed by atoms with E-state index in [1.807, 2.05) is 48.5 Å². The maximum absolute atomic E-state index is 6.27. The summed E-state index contributed by atoms with van der Waals surface area (Å²) in [6.07, 6.45) is 3.11. The smallest absolute Gasteiger partial charge is 0.248 e. The predicted octanol–water partition coefficient (Wildman–Crippen LogP) is 3.91. The Bertz CT molecular complexity index is 1190. The molecule has 144 valence electrons. The Hall–Kier alpha value is -4.07. The molecule has 3 heterocycles. The van der Waals surface area contributed by atoms with Gasteiger partial charge >= 0.3 is 0 Å². The quantitative estimate of drug-likeness (QED) is 0.543. The van der Waals surface area contributed by atoms with E-state index in [0.717, 1.165) is 16.6 Å². The van der Waals surface area contributed by atoms with Gasteiger partial charge in [-0.1, -0.05) is 18.2 Å². The number of hydrogen-bond acceptors (Lipinski definition) is 8. The van der Waals surface area contributed by atoms with Gasteiger partial charge in [0.05, 0.1) is 0 Å². The van der Waals surface area contributed by atoms with Gasteiger partial charge in [0.2, 0.25) is 5.88 Å². The van der Waals surface area contributed by atoms with Gasteiger partial charge in [-0.05, 0) is 24.3 Å². The molecule has 0 spiro atoms. The normalized spacial score (nSPS) is 12.6. The van der Waals surface area contributed by atoms with Crippen molar-refractivity contribution in [2.75, 3.05) is 24.3 Å². The zero-order valence-corrected chi connectivity index (χ0v) is 15.3. The minimum absolute atomic E-state index is 0.248. The number of nitrogens with zero attached hydrogens (tertiary/aromatic N) is 3. The Kier molecular flexibility index (Phi) is 4.21. The van der Waals surface area contributed by atoms with E-state index in [1.165, 1.54) is 6.33 Å². The molecule has 8 nitrogen and oxygen atoms in total. The monoisotopic (exact) mass is 387 g/mol. The van der Waals surface area contributed by atoms with E-state index >= 15 is 0 Å². The standard InChI is InChI=1S/C21H17N5O3/c22-18-20(26-14-6-7-15-17(11-14)28-10-9-27-15)24-12-25-21(18)29-16-5-1-3-13-4-2-8-23-19(13)16/h1-8,11-12H,9-10,22H2,(H,24,25,26). The average molecular weight is 387 g/mol. The van der Waals surface area contributed by atoms with Gasteiger partial charge in [0, 0.05) is 23.3 Å². The van der Waals surface area contributed by atoms with Gasteiger partial charge in [-0.15, -0.1) is 0 Å². The van der Waals surface area contributed by atoms with E-state index in [4.69, 9.17) is 19.9 Å². The van der Waals surface area contributed by atoms with E-state index in [0.29, 0.717) is 36.3 Å². The lowest BCUT2D eigenvalue weighted by Crippen LogP contribution is -2.15. The first-order valence-electron chi connectivity index (χ1n) is 9.07. The molecule has 0 unspecified atom stereocenters. The highest BCUT2D eigenvalue weighted by molar-refractivity contribution is 5.85.